The Morgan fingerprint density at radius 1 is 1.33 bits per heavy atom. The summed E-state index contributed by atoms with van der Waals surface area (Å²) < 4.78 is 1.81. The predicted molar refractivity (Wildman–Crippen MR) is 89.8 cm³/mol. The van der Waals surface area contributed by atoms with E-state index in [2.05, 4.69) is 10.1 Å². The van der Waals surface area contributed by atoms with Crippen LogP contribution in [0.3, 0.4) is 0 Å². The van der Waals surface area contributed by atoms with Gasteiger partial charge in [-0.2, -0.15) is 5.10 Å². The van der Waals surface area contributed by atoms with E-state index in [1.165, 1.54) is 5.56 Å². The minimum atomic E-state index is 0.0860. The fourth-order valence-electron chi connectivity index (χ4n) is 4.06. The van der Waals surface area contributed by atoms with Crippen LogP contribution in [0, 0.1) is 12.8 Å². The molecule has 1 fully saturated rings. The van der Waals surface area contributed by atoms with Crippen molar-refractivity contribution in [1.29, 1.82) is 0 Å². The number of carbonyl (C=O) groups excluding carboxylic acids is 1. The van der Waals surface area contributed by atoms with E-state index in [1.807, 2.05) is 42.6 Å². The average molecular weight is 325 g/mol. The molecular weight excluding hydrogens is 302 g/mol. The lowest BCUT2D eigenvalue weighted by Gasteiger charge is -2.25. The molecule has 1 aliphatic heterocycles. The Kier molecular flexibility index (Phi) is 3.62. The highest BCUT2D eigenvalue weighted by atomic mass is 16.2. The van der Waals surface area contributed by atoms with Crippen molar-refractivity contribution in [3.63, 3.8) is 0 Å². The monoisotopic (exact) mass is 325 g/mol. The molecule has 2 atom stereocenters. The van der Waals surface area contributed by atoms with Crippen molar-refractivity contribution >= 4 is 5.91 Å². The summed E-state index contributed by atoms with van der Waals surface area (Å²) >= 11 is 0. The van der Waals surface area contributed by atoms with Crippen molar-refractivity contribution in [3.8, 4) is 0 Å². The lowest BCUT2D eigenvalue weighted by Crippen LogP contribution is -2.31. The van der Waals surface area contributed by atoms with Crippen LogP contribution in [-0.2, 0) is 6.42 Å². The third kappa shape index (κ3) is 2.41. The number of hydrogen-bond donors (Lipinski definition) is 0. The van der Waals surface area contributed by atoms with Crippen molar-refractivity contribution in [3.05, 3.63) is 41.2 Å². The van der Waals surface area contributed by atoms with Gasteiger partial charge in [0, 0.05) is 37.4 Å². The molecule has 0 bridgehead atoms. The molecule has 126 valence electrons. The summed E-state index contributed by atoms with van der Waals surface area (Å²) in [5, 5.41) is 4.29. The molecule has 2 aliphatic rings. The lowest BCUT2D eigenvalue weighted by molar-refractivity contribution is 0.0771. The Morgan fingerprint density at radius 3 is 2.96 bits per heavy atom. The Balaban J connectivity index is 1.60. The minimum Gasteiger partial charge on any atom is -0.336 e. The van der Waals surface area contributed by atoms with Gasteiger partial charge in [-0.25, -0.2) is 9.97 Å². The van der Waals surface area contributed by atoms with Crippen LogP contribution in [0.4, 0.5) is 0 Å². The Hall–Kier alpha value is -2.24. The van der Waals surface area contributed by atoms with Gasteiger partial charge in [0.1, 0.15) is 11.5 Å². The van der Waals surface area contributed by atoms with Crippen molar-refractivity contribution in [1.82, 2.24) is 24.6 Å². The SMILES string of the molecule is Cc1ncc2c(n1)[C@H]1CN(C(=O)c3ccnn3C(C)C)C[C@H]1CC2. The first-order valence-electron chi connectivity index (χ1n) is 8.69. The molecule has 2 aromatic rings. The maximum absolute atomic E-state index is 13.0. The number of likely N-dealkylation sites (tertiary alicyclic amines) is 1. The number of amides is 1. The molecule has 6 nitrogen and oxygen atoms in total. The summed E-state index contributed by atoms with van der Waals surface area (Å²) in [6.45, 7) is 7.58. The van der Waals surface area contributed by atoms with E-state index in [-0.39, 0.29) is 11.9 Å². The highest BCUT2D eigenvalue weighted by molar-refractivity contribution is 5.92. The highest BCUT2D eigenvalue weighted by Crippen LogP contribution is 2.40. The van der Waals surface area contributed by atoms with Gasteiger partial charge < -0.3 is 4.90 Å². The van der Waals surface area contributed by atoms with Crippen molar-refractivity contribution < 1.29 is 4.79 Å². The number of rotatable bonds is 2. The van der Waals surface area contributed by atoms with Crippen LogP contribution >= 0.6 is 0 Å². The van der Waals surface area contributed by atoms with E-state index in [4.69, 9.17) is 4.98 Å². The van der Waals surface area contributed by atoms with Crippen LogP contribution in [0.15, 0.2) is 18.5 Å². The molecule has 1 saturated heterocycles. The van der Waals surface area contributed by atoms with Crippen molar-refractivity contribution in [2.75, 3.05) is 13.1 Å². The van der Waals surface area contributed by atoms with Crippen LogP contribution in [0.5, 0.6) is 0 Å². The number of aryl methyl sites for hydroxylation is 2. The summed E-state index contributed by atoms with van der Waals surface area (Å²) in [4.78, 5) is 24.0. The standard InChI is InChI=1S/C18H23N5O/c1-11(2)23-16(6-7-20-23)18(24)22-9-14-5-4-13-8-19-12(3)21-17(13)15(14)10-22/h6-8,11,14-15H,4-5,9-10H2,1-3H3/t14-,15+/m1/s1. The van der Waals surface area contributed by atoms with Gasteiger partial charge in [0.2, 0.25) is 0 Å². The molecule has 1 amide bonds. The minimum absolute atomic E-state index is 0.0860. The van der Waals surface area contributed by atoms with Crippen LogP contribution in [0.2, 0.25) is 0 Å². The highest BCUT2D eigenvalue weighted by Gasteiger charge is 2.41. The quantitative estimate of drug-likeness (QED) is 0.850. The summed E-state index contributed by atoms with van der Waals surface area (Å²) in [5.74, 6) is 1.75. The molecule has 0 N–H and O–H groups in total. The molecular formula is C18H23N5O. The number of carbonyl (C=O) groups is 1. The second-order valence-corrected chi connectivity index (χ2v) is 7.20. The van der Waals surface area contributed by atoms with Gasteiger partial charge in [-0.3, -0.25) is 9.48 Å². The van der Waals surface area contributed by atoms with Gasteiger partial charge in [-0.1, -0.05) is 0 Å². The number of aromatic nitrogens is 4. The maximum Gasteiger partial charge on any atom is 0.272 e. The Bertz CT molecular complexity index is 781. The fourth-order valence-corrected chi connectivity index (χ4v) is 4.06. The number of hydrogen-bond acceptors (Lipinski definition) is 4. The third-order valence-corrected chi connectivity index (χ3v) is 5.26. The largest absolute Gasteiger partial charge is 0.336 e. The van der Waals surface area contributed by atoms with Crippen LogP contribution in [0.1, 0.15) is 59.8 Å². The first-order valence-corrected chi connectivity index (χ1v) is 8.69. The molecule has 24 heavy (non-hydrogen) atoms. The first-order chi connectivity index (χ1) is 11.5. The third-order valence-electron chi connectivity index (χ3n) is 5.26. The van der Waals surface area contributed by atoms with Crippen molar-refractivity contribution in [2.24, 2.45) is 5.92 Å². The van der Waals surface area contributed by atoms with Gasteiger partial charge in [0.05, 0.1) is 5.69 Å². The topological polar surface area (TPSA) is 63.9 Å². The van der Waals surface area contributed by atoms with Crippen LogP contribution in [-0.4, -0.2) is 43.6 Å². The van der Waals surface area contributed by atoms with Crippen LogP contribution in [0.25, 0.3) is 0 Å². The summed E-state index contributed by atoms with van der Waals surface area (Å²) in [6.07, 6.45) is 5.80. The predicted octanol–water partition coefficient (Wildman–Crippen LogP) is 2.36. The molecule has 0 unspecified atom stereocenters. The molecule has 0 saturated carbocycles. The van der Waals surface area contributed by atoms with E-state index in [9.17, 15) is 4.79 Å². The van der Waals surface area contributed by atoms with Gasteiger partial charge in [0.25, 0.3) is 5.91 Å². The normalized spacial score (nSPS) is 22.6. The second kappa shape index (κ2) is 5.69. The second-order valence-electron chi connectivity index (χ2n) is 7.20. The fraction of sp³-hybridized carbons (Fsp3) is 0.556. The van der Waals surface area contributed by atoms with E-state index in [1.54, 1.807) is 6.20 Å². The van der Waals surface area contributed by atoms with Gasteiger partial charge in [-0.15, -0.1) is 0 Å². The van der Waals surface area contributed by atoms with E-state index in [0.717, 1.165) is 37.4 Å². The molecule has 6 heteroatoms. The molecule has 0 aromatic carbocycles. The molecule has 2 aromatic heterocycles. The van der Waals surface area contributed by atoms with Crippen molar-refractivity contribution in [2.45, 2.75) is 45.6 Å². The van der Waals surface area contributed by atoms with E-state index in [0.29, 0.717) is 17.5 Å². The molecule has 0 radical (unpaired) electrons. The maximum atomic E-state index is 13.0. The molecule has 3 heterocycles. The Labute approximate surface area is 141 Å². The molecule has 4 rings (SSSR count). The smallest absolute Gasteiger partial charge is 0.272 e. The van der Waals surface area contributed by atoms with E-state index < -0.39 is 0 Å². The zero-order valence-corrected chi connectivity index (χ0v) is 14.4. The van der Waals surface area contributed by atoms with Gasteiger partial charge in [-0.05, 0) is 51.2 Å². The Morgan fingerprint density at radius 2 is 2.17 bits per heavy atom. The first kappa shape index (κ1) is 15.3. The summed E-state index contributed by atoms with van der Waals surface area (Å²) in [6, 6.07) is 2.00. The summed E-state index contributed by atoms with van der Waals surface area (Å²) in [5.41, 5.74) is 3.09. The lowest BCUT2D eigenvalue weighted by atomic mass is 9.80. The molecule has 1 aliphatic carbocycles. The zero-order valence-electron chi connectivity index (χ0n) is 14.4. The van der Waals surface area contributed by atoms with Gasteiger partial charge >= 0.3 is 0 Å². The van der Waals surface area contributed by atoms with Crippen LogP contribution < -0.4 is 0 Å². The van der Waals surface area contributed by atoms with Gasteiger partial charge in [0.15, 0.2) is 0 Å². The molecule has 0 spiro atoms. The zero-order chi connectivity index (χ0) is 16.8. The van der Waals surface area contributed by atoms with E-state index >= 15 is 0 Å². The number of nitrogens with zero attached hydrogens (tertiary/aromatic N) is 5. The average Bonchev–Trinajstić information content (AvgIpc) is 3.21. The number of fused-ring (bicyclic) bond motifs is 3. The summed E-state index contributed by atoms with van der Waals surface area (Å²) in [7, 11) is 0.